The van der Waals surface area contributed by atoms with Crippen LogP contribution in [0.5, 0.6) is 11.5 Å². The lowest BCUT2D eigenvalue weighted by Gasteiger charge is -2.16. The van der Waals surface area contributed by atoms with E-state index in [1.54, 1.807) is 0 Å². The number of nitrogens with zero attached hydrogens (tertiary/aromatic N) is 2. The quantitative estimate of drug-likeness (QED) is 0.376. The zero-order valence-electron chi connectivity index (χ0n) is 15.1. The summed E-state index contributed by atoms with van der Waals surface area (Å²) in [5, 5.41) is 6.44. The van der Waals surface area contributed by atoms with Crippen molar-refractivity contribution in [2.45, 2.75) is 32.7 Å². The van der Waals surface area contributed by atoms with Crippen molar-refractivity contribution in [2.75, 3.05) is 33.0 Å². The molecular weight excluding hydrogens is 447 g/mol. The van der Waals surface area contributed by atoms with Crippen LogP contribution in [0.4, 0.5) is 0 Å². The molecule has 26 heavy (non-hydrogen) atoms. The Labute approximate surface area is 171 Å². The summed E-state index contributed by atoms with van der Waals surface area (Å²) in [5.41, 5.74) is 1.05. The number of halogens is 1. The molecule has 0 saturated carbocycles. The van der Waals surface area contributed by atoms with Gasteiger partial charge in [-0.2, -0.15) is 0 Å². The summed E-state index contributed by atoms with van der Waals surface area (Å²) in [7, 11) is 0. The second-order valence-electron chi connectivity index (χ2n) is 6.15. The highest BCUT2D eigenvalue weighted by Gasteiger charge is 2.17. The second kappa shape index (κ2) is 10.4. The molecule has 0 unspecified atom stereocenters. The highest BCUT2D eigenvalue weighted by Crippen LogP contribution is 2.32. The number of ether oxygens (including phenoxy) is 2. The van der Waals surface area contributed by atoms with Gasteiger partial charge in [0.15, 0.2) is 17.5 Å². The number of hydrogen-bond donors (Lipinski definition) is 2. The molecule has 1 amide bonds. The van der Waals surface area contributed by atoms with Crippen LogP contribution in [-0.4, -0.2) is 49.7 Å². The van der Waals surface area contributed by atoms with Crippen molar-refractivity contribution in [2.24, 2.45) is 4.99 Å². The Hall–Kier alpha value is -1.71. The molecular formula is C18H27IN4O3. The van der Waals surface area contributed by atoms with Crippen molar-refractivity contribution in [3.63, 3.8) is 0 Å². The lowest BCUT2D eigenvalue weighted by Crippen LogP contribution is -2.39. The fourth-order valence-electron chi connectivity index (χ4n) is 2.96. The molecule has 0 radical (unpaired) electrons. The molecule has 2 N–H and O–H groups in total. The third-order valence-corrected chi connectivity index (χ3v) is 4.29. The molecule has 0 spiro atoms. The molecule has 1 aromatic rings. The topological polar surface area (TPSA) is 75.2 Å². The van der Waals surface area contributed by atoms with Crippen molar-refractivity contribution >= 4 is 35.8 Å². The number of nitrogens with one attached hydrogen (secondary N) is 2. The van der Waals surface area contributed by atoms with Crippen molar-refractivity contribution in [3.05, 3.63) is 23.8 Å². The molecule has 0 aromatic heterocycles. The van der Waals surface area contributed by atoms with Crippen LogP contribution in [0.3, 0.4) is 0 Å². The van der Waals surface area contributed by atoms with Gasteiger partial charge in [0.05, 0.1) is 6.54 Å². The van der Waals surface area contributed by atoms with Gasteiger partial charge in [0.25, 0.3) is 0 Å². The lowest BCUT2D eigenvalue weighted by atomic mass is 10.2. The van der Waals surface area contributed by atoms with Crippen LogP contribution in [0.2, 0.25) is 0 Å². The number of aliphatic imine (C=N–C) groups is 1. The van der Waals surface area contributed by atoms with Gasteiger partial charge >= 0.3 is 0 Å². The first-order chi connectivity index (χ1) is 12.3. The fraction of sp³-hybridized carbons (Fsp3) is 0.556. The molecule has 0 bridgehead atoms. The monoisotopic (exact) mass is 474 g/mol. The predicted octanol–water partition coefficient (Wildman–Crippen LogP) is 2.10. The van der Waals surface area contributed by atoms with E-state index in [9.17, 15) is 4.79 Å². The Bertz CT molecular complexity index is 633. The number of amides is 1. The highest BCUT2D eigenvalue weighted by atomic mass is 127. The van der Waals surface area contributed by atoms with Gasteiger partial charge in [-0.05, 0) is 37.5 Å². The SMILES string of the molecule is CCNC(=NCc1ccc2c(c1)OCO2)NCCC(=O)N1CCCC1.I. The second-order valence-corrected chi connectivity index (χ2v) is 6.15. The van der Waals surface area contributed by atoms with E-state index in [2.05, 4.69) is 15.6 Å². The van der Waals surface area contributed by atoms with Gasteiger partial charge in [-0.25, -0.2) is 4.99 Å². The first kappa shape index (κ1) is 20.6. The number of benzene rings is 1. The molecule has 7 nitrogen and oxygen atoms in total. The molecule has 2 aliphatic rings. The maximum atomic E-state index is 12.1. The van der Waals surface area contributed by atoms with Gasteiger partial charge in [-0.3, -0.25) is 4.79 Å². The van der Waals surface area contributed by atoms with Crippen LogP contribution < -0.4 is 20.1 Å². The van der Waals surface area contributed by atoms with Crippen LogP contribution in [0.1, 0.15) is 31.7 Å². The van der Waals surface area contributed by atoms with E-state index in [1.165, 1.54) is 0 Å². The van der Waals surface area contributed by atoms with E-state index in [4.69, 9.17) is 9.47 Å². The largest absolute Gasteiger partial charge is 0.454 e. The van der Waals surface area contributed by atoms with Crippen LogP contribution in [0, 0.1) is 0 Å². The van der Waals surface area contributed by atoms with E-state index in [0.29, 0.717) is 19.5 Å². The minimum atomic E-state index is 0. The minimum Gasteiger partial charge on any atom is -0.454 e. The van der Waals surface area contributed by atoms with E-state index >= 15 is 0 Å². The fourth-order valence-corrected chi connectivity index (χ4v) is 2.96. The van der Waals surface area contributed by atoms with Crippen LogP contribution >= 0.6 is 24.0 Å². The molecule has 1 aromatic carbocycles. The maximum Gasteiger partial charge on any atom is 0.231 e. The molecule has 0 atom stereocenters. The van der Waals surface area contributed by atoms with Gasteiger partial charge in [0, 0.05) is 32.6 Å². The smallest absolute Gasteiger partial charge is 0.231 e. The van der Waals surface area contributed by atoms with Crippen LogP contribution in [-0.2, 0) is 11.3 Å². The first-order valence-corrected chi connectivity index (χ1v) is 8.94. The summed E-state index contributed by atoms with van der Waals surface area (Å²) in [6.07, 6.45) is 2.74. The van der Waals surface area contributed by atoms with Gasteiger partial charge < -0.3 is 25.0 Å². The van der Waals surface area contributed by atoms with E-state index < -0.39 is 0 Å². The molecule has 2 heterocycles. The van der Waals surface area contributed by atoms with Crippen LogP contribution in [0.15, 0.2) is 23.2 Å². The van der Waals surface area contributed by atoms with Gasteiger partial charge in [0.1, 0.15) is 0 Å². The number of rotatable bonds is 6. The van der Waals surface area contributed by atoms with Crippen LogP contribution in [0.25, 0.3) is 0 Å². The number of carbonyl (C=O) groups is 1. The number of likely N-dealkylation sites (tertiary alicyclic amines) is 1. The Balaban J connectivity index is 0.00000243. The maximum absolute atomic E-state index is 12.1. The molecule has 2 aliphatic heterocycles. The summed E-state index contributed by atoms with van der Waals surface area (Å²) >= 11 is 0. The molecule has 144 valence electrons. The standard InChI is InChI=1S/C18H26N4O3.HI/c1-2-19-18(20-8-7-17(23)22-9-3-4-10-22)21-12-14-5-6-15-16(11-14)25-13-24-15;/h5-6,11H,2-4,7-10,12-13H2,1H3,(H2,19,20,21);1H. The number of fused-ring (bicyclic) bond motifs is 1. The average molecular weight is 474 g/mol. The minimum absolute atomic E-state index is 0. The summed E-state index contributed by atoms with van der Waals surface area (Å²) in [5.74, 6) is 2.48. The van der Waals surface area contributed by atoms with Crippen molar-refractivity contribution in [3.8, 4) is 11.5 Å². The van der Waals surface area contributed by atoms with Gasteiger partial charge in [-0.15, -0.1) is 24.0 Å². The summed E-state index contributed by atoms with van der Waals surface area (Å²) in [6, 6.07) is 5.84. The van der Waals surface area contributed by atoms with E-state index in [0.717, 1.165) is 55.5 Å². The predicted molar refractivity (Wildman–Crippen MR) is 111 cm³/mol. The Kier molecular flexibility index (Phi) is 8.27. The molecule has 3 rings (SSSR count). The Morgan fingerprint density at radius 3 is 2.73 bits per heavy atom. The zero-order chi connectivity index (χ0) is 17.5. The summed E-state index contributed by atoms with van der Waals surface area (Å²) < 4.78 is 10.7. The summed E-state index contributed by atoms with van der Waals surface area (Å²) in [4.78, 5) is 18.6. The number of hydrogen-bond acceptors (Lipinski definition) is 4. The lowest BCUT2D eigenvalue weighted by molar-refractivity contribution is -0.129. The van der Waals surface area contributed by atoms with Gasteiger partial charge in [-0.1, -0.05) is 6.07 Å². The van der Waals surface area contributed by atoms with E-state index in [-0.39, 0.29) is 36.7 Å². The van der Waals surface area contributed by atoms with E-state index in [1.807, 2.05) is 30.0 Å². The first-order valence-electron chi connectivity index (χ1n) is 8.94. The Morgan fingerprint density at radius 1 is 1.19 bits per heavy atom. The molecule has 8 heteroatoms. The normalized spacial score (nSPS) is 15.6. The molecule has 0 aliphatic carbocycles. The third-order valence-electron chi connectivity index (χ3n) is 4.29. The Morgan fingerprint density at radius 2 is 1.96 bits per heavy atom. The molecule has 1 saturated heterocycles. The van der Waals surface area contributed by atoms with Gasteiger partial charge in [0.2, 0.25) is 12.7 Å². The molecule has 1 fully saturated rings. The number of guanidine groups is 1. The third kappa shape index (κ3) is 5.65. The van der Waals surface area contributed by atoms with Crippen molar-refractivity contribution < 1.29 is 14.3 Å². The van der Waals surface area contributed by atoms with Crippen molar-refractivity contribution in [1.29, 1.82) is 0 Å². The number of carbonyl (C=O) groups excluding carboxylic acids is 1. The van der Waals surface area contributed by atoms with Crippen molar-refractivity contribution in [1.82, 2.24) is 15.5 Å². The highest BCUT2D eigenvalue weighted by molar-refractivity contribution is 14.0. The summed E-state index contributed by atoms with van der Waals surface area (Å²) in [6.45, 7) is 5.99. The zero-order valence-corrected chi connectivity index (χ0v) is 17.5. The average Bonchev–Trinajstić information content (AvgIpc) is 3.30.